The zero-order valence-corrected chi connectivity index (χ0v) is 17.7. The van der Waals surface area contributed by atoms with E-state index in [4.69, 9.17) is 5.26 Å². The first kappa shape index (κ1) is 19.9. The number of hydrogen-bond acceptors (Lipinski definition) is 6. The van der Waals surface area contributed by atoms with E-state index >= 15 is 0 Å². The standard InChI is InChI=1S/C20H21N5O2S2/c1-2-25-18-8-7-16(29(26,27)24-10-4-3-5-11-24)12-17(18)23-20(25)28-19-9-6-15(13-21)14-22-19/h6-9,12,14H,2-5,10-11H2,1H3. The van der Waals surface area contributed by atoms with Crippen molar-refractivity contribution in [1.29, 1.82) is 5.26 Å². The van der Waals surface area contributed by atoms with Crippen LogP contribution in [0.4, 0.5) is 0 Å². The Morgan fingerprint density at radius 1 is 1.17 bits per heavy atom. The molecule has 1 aliphatic heterocycles. The average molecular weight is 428 g/mol. The van der Waals surface area contributed by atoms with Gasteiger partial charge in [0.05, 0.1) is 21.5 Å². The Kier molecular flexibility index (Phi) is 5.58. The van der Waals surface area contributed by atoms with Gasteiger partial charge in [-0.25, -0.2) is 18.4 Å². The first-order valence-electron chi connectivity index (χ1n) is 9.57. The summed E-state index contributed by atoms with van der Waals surface area (Å²) in [4.78, 5) is 9.26. The fourth-order valence-electron chi connectivity index (χ4n) is 3.49. The summed E-state index contributed by atoms with van der Waals surface area (Å²) in [6, 6.07) is 10.7. The molecular formula is C20H21N5O2S2. The molecule has 1 aliphatic rings. The van der Waals surface area contributed by atoms with Crippen LogP contribution in [0.2, 0.25) is 0 Å². The molecule has 4 rings (SSSR count). The molecule has 9 heteroatoms. The van der Waals surface area contributed by atoms with E-state index in [1.807, 2.05) is 17.6 Å². The minimum atomic E-state index is -3.50. The zero-order valence-electron chi connectivity index (χ0n) is 16.1. The quantitative estimate of drug-likeness (QED) is 0.617. The summed E-state index contributed by atoms with van der Waals surface area (Å²) >= 11 is 1.40. The van der Waals surface area contributed by atoms with Gasteiger partial charge in [-0.1, -0.05) is 6.42 Å². The topological polar surface area (TPSA) is 91.9 Å². The second-order valence-electron chi connectivity index (χ2n) is 6.85. The number of imidazole rings is 1. The minimum Gasteiger partial charge on any atom is -0.319 e. The predicted octanol–water partition coefficient (Wildman–Crippen LogP) is 3.65. The highest BCUT2D eigenvalue weighted by molar-refractivity contribution is 7.99. The number of sulfonamides is 1. The van der Waals surface area contributed by atoms with E-state index < -0.39 is 10.0 Å². The normalized spacial score (nSPS) is 15.4. The van der Waals surface area contributed by atoms with Gasteiger partial charge >= 0.3 is 0 Å². The molecule has 1 fully saturated rings. The van der Waals surface area contributed by atoms with Crippen LogP contribution in [0.15, 0.2) is 51.6 Å². The number of aryl methyl sites for hydroxylation is 1. The number of piperidine rings is 1. The van der Waals surface area contributed by atoms with Gasteiger partial charge in [0.2, 0.25) is 10.0 Å². The van der Waals surface area contributed by atoms with E-state index in [1.165, 1.54) is 18.0 Å². The molecule has 2 aromatic heterocycles. The fraction of sp³-hybridized carbons (Fsp3) is 0.350. The van der Waals surface area contributed by atoms with Crippen LogP contribution >= 0.6 is 11.8 Å². The molecule has 0 bridgehead atoms. The van der Waals surface area contributed by atoms with Crippen LogP contribution in [0.25, 0.3) is 11.0 Å². The number of pyridine rings is 1. The van der Waals surface area contributed by atoms with Crippen molar-refractivity contribution in [2.45, 2.75) is 47.8 Å². The number of benzene rings is 1. The Morgan fingerprint density at radius 2 is 1.97 bits per heavy atom. The summed E-state index contributed by atoms with van der Waals surface area (Å²) in [5.74, 6) is 0. The molecule has 1 aromatic carbocycles. The molecule has 0 N–H and O–H groups in total. The van der Waals surface area contributed by atoms with Gasteiger partial charge in [-0.05, 0) is 61.9 Å². The van der Waals surface area contributed by atoms with Crippen LogP contribution in [0, 0.1) is 11.3 Å². The van der Waals surface area contributed by atoms with Crippen molar-refractivity contribution in [2.75, 3.05) is 13.1 Å². The highest BCUT2D eigenvalue weighted by atomic mass is 32.2. The molecular weight excluding hydrogens is 406 g/mol. The van der Waals surface area contributed by atoms with Gasteiger partial charge in [0.25, 0.3) is 0 Å². The molecule has 0 saturated carbocycles. The van der Waals surface area contributed by atoms with Crippen molar-refractivity contribution >= 4 is 32.8 Å². The van der Waals surface area contributed by atoms with Crippen molar-refractivity contribution in [3.63, 3.8) is 0 Å². The van der Waals surface area contributed by atoms with E-state index in [0.29, 0.717) is 35.6 Å². The highest BCUT2D eigenvalue weighted by Crippen LogP contribution is 2.31. The molecule has 0 radical (unpaired) electrons. The summed E-state index contributed by atoms with van der Waals surface area (Å²) in [5.41, 5.74) is 2.05. The van der Waals surface area contributed by atoms with E-state index in [1.54, 1.807) is 28.6 Å². The fourth-order valence-corrected chi connectivity index (χ4v) is 5.93. The summed E-state index contributed by atoms with van der Waals surface area (Å²) in [5, 5.41) is 10.4. The lowest BCUT2D eigenvalue weighted by molar-refractivity contribution is 0.346. The molecule has 7 nitrogen and oxygen atoms in total. The predicted molar refractivity (Wildman–Crippen MR) is 111 cm³/mol. The van der Waals surface area contributed by atoms with E-state index in [9.17, 15) is 8.42 Å². The Morgan fingerprint density at radius 3 is 2.62 bits per heavy atom. The number of aromatic nitrogens is 3. The average Bonchev–Trinajstić information content (AvgIpc) is 3.11. The first-order valence-corrected chi connectivity index (χ1v) is 11.8. The Labute approximate surface area is 174 Å². The largest absolute Gasteiger partial charge is 0.319 e. The molecule has 150 valence electrons. The lowest BCUT2D eigenvalue weighted by atomic mass is 10.2. The third-order valence-corrected chi connectivity index (χ3v) is 7.85. The lowest BCUT2D eigenvalue weighted by Gasteiger charge is -2.25. The van der Waals surface area contributed by atoms with Gasteiger partial charge in [-0.2, -0.15) is 9.57 Å². The smallest absolute Gasteiger partial charge is 0.243 e. The maximum absolute atomic E-state index is 13.0. The van der Waals surface area contributed by atoms with Crippen molar-refractivity contribution in [1.82, 2.24) is 18.8 Å². The van der Waals surface area contributed by atoms with E-state index in [2.05, 4.69) is 16.0 Å². The molecule has 0 aliphatic carbocycles. The monoisotopic (exact) mass is 427 g/mol. The number of rotatable bonds is 5. The summed E-state index contributed by atoms with van der Waals surface area (Å²) in [6.07, 6.45) is 4.43. The van der Waals surface area contributed by atoms with Crippen LogP contribution in [-0.2, 0) is 16.6 Å². The SMILES string of the molecule is CCn1c(Sc2ccc(C#N)cn2)nc2cc(S(=O)(=O)N3CCCCC3)ccc21. The maximum Gasteiger partial charge on any atom is 0.243 e. The van der Waals surface area contributed by atoms with Gasteiger partial charge in [0.1, 0.15) is 11.1 Å². The minimum absolute atomic E-state index is 0.292. The van der Waals surface area contributed by atoms with Crippen LogP contribution in [-0.4, -0.2) is 40.3 Å². The molecule has 3 heterocycles. The van der Waals surface area contributed by atoms with Gasteiger partial charge in [0.15, 0.2) is 5.16 Å². The third-order valence-electron chi connectivity index (χ3n) is 5.02. The van der Waals surface area contributed by atoms with Gasteiger partial charge in [-0.15, -0.1) is 0 Å². The molecule has 0 amide bonds. The van der Waals surface area contributed by atoms with Crippen molar-refractivity contribution in [3.05, 3.63) is 42.1 Å². The molecule has 3 aromatic rings. The van der Waals surface area contributed by atoms with Gasteiger partial charge in [0, 0.05) is 25.8 Å². The second-order valence-corrected chi connectivity index (χ2v) is 9.78. The van der Waals surface area contributed by atoms with Crippen molar-refractivity contribution in [3.8, 4) is 6.07 Å². The van der Waals surface area contributed by atoms with Crippen molar-refractivity contribution in [2.24, 2.45) is 0 Å². The van der Waals surface area contributed by atoms with Gasteiger partial charge < -0.3 is 4.57 Å². The molecule has 1 saturated heterocycles. The second kappa shape index (κ2) is 8.14. The molecule has 0 spiro atoms. The Bertz CT molecular complexity index is 1170. The van der Waals surface area contributed by atoms with E-state index in [-0.39, 0.29) is 0 Å². The highest BCUT2D eigenvalue weighted by Gasteiger charge is 2.26. The van der Waals surface area contributed by atoms with Crippen LogP contribution in [0.3, 0.4) is 0 Å². The summed E-state index contributed by atoms with van der Waals surface area (Å²) in [7, 11) is -3.50. The zero-order chi connectivity index (χ0) is 20.4. The third kappa shape index (κ3) is 3.88. The first-order chi connectivity index (χ1) is 14.0. The summed E-state index contributed by atoms with van der Waals surface area (Å²) in [6.45, 7) is 3.88. The van der Waals surface area contributed by atoms with Crippen LogP contribution in [0.1, 0.15) is 31.7 Å². The van der Waals surface area contributed by atoms with Crippen LogP contribution in [0.5, 0.6) is 0 Å². The number of hydrogen-bond donors (Lipinski definition) is 0. The Balaban J connectivity index is 1.69. The molecule has 0 atom stereocenters. The number of nitriles is 1. The van der Waals surface area contributed by atoms with E-state index in [0.717, 1.165) is 35.0 Å². The molecule has 29 heavy (non-hydrogen) atoms. The summed E-state index contributed by atoms with van der Waals surface area (Å²) < 4.78 is 29.6. The van der Waals surface area contributed by atoms with Crippen LogP contribution < -0.4 is 0 Å². The van der Waals surface area contributed by atoms with Crippen molar-refractivity contribution < 1.29 is 8.42 Å². The number of fused-ring (bicyclic) bond motifs is 1. The van der Waals surface area contributed by atoms with Gasteiger partial charge in [-0.3, -0.25) is 0 Å². The number of nitrogens with zero attached hydrogens (tertiary/aromatic N) is 5. The Hall–Kier alpha value is -2.41. The maximum atomic E-state index is 13.0. The molecule has 0 unspecified atom stereocenters. The lowest BCUT2D eigenvalue weighted by Crippen LogP contribution is -2.35.